The van der Waals surface area contributed by atoms with E-state index in [0.717, 1.165) is 11.4 Å². The van der Waals surface area contributed by atoms with Crippen LogP contribution >= 0.6 is 11.3 Å². The van der Waals surface area contributed by atoms with Gasteiger partial charge in [0.2, 0.25) is 16.9 Å². The molecule has 0 bridgehead atoms. The number of anilines is 2. The van der Waals surface area contributed by atoms with Crippen LogP contribution in [0.2, 0.25) is 0 Å². The molecule has 1 unspecified atom stereocenters. The molecule has 1 fully saturated rings. The van der Waals surface area contributed by atoms with Gasteiger partial charge >= 0.3 is 0 Å². The van der Waals surface area contributed by atoms with Gasteiger partial charge in [-0.2, -0.15) is 0 Å². The van der Waals surface area contributed by atoms with Gasteiger partial charge in [-0.05, 0) is 30.7 Å². The zero-order valence-corrected chi connectivity index (χ0v) is 15.8. The summed E-state index contributed by atoms with van der Waals surface area (Å²) in [7, 11) is 0. The molecule has 0 saturated carbocycles. The lowest BCUT2D eigenvalue weighted by atomic mass is 9.91. The van der Waals surface area contributed by atoms with E-state index in [4.69, 9.17) is 0 Å². The van der Waals surface area contributed by atoms with E-state index in [9.17, 15) is 14.0 Å². The molecular formula is C18H21FN4O2S. The van der Waals surface area contributed by atoms with Crippen LogP contribution in [-0.4, -0.2) is 28.6 Å². The number of benzene rings is 1. The van der Waals surface area contributed by atoms with Gasteiger partial charge in [-0.3, -0.25) is 9.59 Å². The van der Waals surface area contributed by atoms with Crippen molar-refractivity contribution in [1.29, 1.82) is 0 Å². The Labute approximate surface area is 155 Å². The van der Waals surface area contributed by atoms with Crippen LogP contribution in [0.15, 0.2) is 24.3 Å². The molecular weight excluding hydrogens is 355 g/mol. The topological polar surface area (TPSA) is 75.2 Å². The Balaban J connectivity index is 1.66. The quantitative estimate of drug-likeness (QED) is 0.868. The van der Waals surface area contributed by atoms with Gasteiger partial charge in [-0.1, -0.05) is 32.1 Å². The van der Waals surface area contributed by atoms with Crippen molar-refractivity contribution >= 4 is 34.0 Å². The van der Waals surface area contributed by atoms with Crippen molar-refractivity contribution in [3.05, 3.63) is 35.1 Å². The number of nitrogens with zero attached hydrogens (tertiary/aromatic N) is 3. The van der Waals surface area contributed by atoms with Crippen LogP contribution in [0.3, 0.4) is 0 Å². The fraction of sp³-hybridized carbons (Fsp3) is 0.444. The van der Waals surface area contributed by atoms with Crippen LogP contribution in [-0.2, 0) is 15.0 Å². The summed E-state index contributed by atoms with van der Waals surface area (Å²) >= 11 is 1.36. The van der Waals surface area contributed by atoms with Crippen molar-refractivity contribution in [2.45, 2.75) is 39.0 Å². The Bertz CT molecular complexity index is 819. The van der Waals surface area contributed by atoms with Crippen molar-refractivity contribution in [3.8, 4) is 0 Å². The maximum atomic E-state index is 13.1. The summed E-state index contributed by atoms with van der Waals surface area (Å²) in [5.41, 5.74) is 0.498. The maximum Gasteiger partial charge on any atom is 0.231 e. The predicted octanol–water partition coefficient (Wildman–Crippen LogP) is 3.36. The van der Waals surface area contributed by atoms with Crippen LogP contribution in [0, 0.1) is 11.7 Å². The minimum atomic E-state index is -0.473. The third-order valence-electron chi connectivity index (χ3n) is 4.75. The molecule has 1 aliphatic rings. The molecule has 138 valence electrons. The first kappa shape index (κ1) is 18.4. The van der Waals surface area contributed by atoms with Gasteiger partial charge in [-0.15, -0.1) is 10.2 Å². The lowest BCUT2D eigenvalue weighted by Crippen LogP contribution is -2.28. The summed E-state index contributed by atoms with van der Waals surface area (Å²) < 4.78 is 13.1. The van der Waals surface area contributed by atoms with E-state index in [1.807, 2.05) is 0 Å². The summed E-state index contributed by atoms with van der Waals surface area (Å²) in [4.78, 5) is 26.2. The number of rotatable bonds is 5. The van der Waals surface area contributed by atoms with Crippen molar-refractivity contribution in [3.63, 3.8) is 0 Å². The summed E-state index contributed by atoms with van der Waals surface area (Å²) in [6.07, 6.45) is 1.04. The first-order valence-corrected chi connectivity index (χ1v) is 9.32. The van der Waals surface area contributed by atoms with E-state index in [2.05, 4.69) is 36.3 Å². The second kappa shape index (κ2) is 7.11. The van der Waals surface area contributed by atoms with Crippen molar-refractivity contribution in [2.75, 3.05) is 16.8 Å². The van der Waals surface area contributed by atoms with Crippen LogP contribution in [0.5, 0.6) is 0 Å². The van der Waals surface area contributed by atoms with E-state index < -0.39 is 5.92 Å². The highest BCUT2D eigenvalue weighted by Gasteiger charge is 2.35. The largest absolute Gasteiger partial charge is 0.312 e. The molecule has 2 amide bonds. The average Bonchev–Trinajstić information content (AvgIpc) is 3.23. The molecule has 2 aromatic rings. The molecule has 6 nitrogen and oxygen atoms in total. The van der Waals surface area contributed by atoms with Crippen LogP contribution in [0.1, 0.15) is 38.6 Å². The van der Waals surface area contributed by atoms with Crippen molar-refractivity contribution in [2.24, 2.45) is 5.92 Å². The standard InChI is InChI=1S/C18H21FN4O2S/c1-4-18(2,3)16-21-22-17(26-16)20-15(25)11-9-14(24)23(10-11)13-7-5-12(19)6-8-13/h5-8,11H,4,9-10H2,1-3H3,(H,20,22,25). The highest BCUT2D eigenvalue weighted by molar-refractivity contribution is 7.15. The molecule has 8 heteroatoms. The van der Waals surface area contributed by atoms with Gasteiger partial charge in [0.15, 0.2) is 0 Å². The van der Waals surface area contributed by atoms with Crippen LogP contribution < -0.4 is 10.2 Å². The molecule has 1 aromatic carbocycles. The minimum Gasteiger partial charge on any atom is -0.312 e. The molecule has 1 N–H and O–H groups in total. The lowest BCUT2D eigenvalue weighted by molar-refractivity contribution is -0.122. The monoisotopic (exact) mass is 376 g/mol. The number of hydrogen-bond donors (Lipinski definition) is 1. The van der Waals surface area contributed by atoms with Gasteiger partial charge in [-0.25, -0.2) is 4.39 Å². The molecule has 26 heavy (non-hydrogen) atoms. The third-order valence-corrected chi connectivity index (χ3v) is 5.96. The Morgan fingerprint density at radius 1 is 1.35 bits per heavy atom. The summed E-state index contributed by atoms with van der Waals surface area (Å²) in [5.74, 6) is -1.24. The van der Waals surface area contributed by atoms with Gasteiger partial charge in [0, 0.05) is 24.1 Å². The number of hydrogen-bond acceptors (Lipinski definition) is 5. The van der Waals surface area contributed by atoms with Crippen molar-refractivity contribution in [1.82, 2.24) is 10.2 Å². The SMILES string of the molecule is CCC(C)(C)c1nnc(NC(=O)C2CC(=O)N(c3ccc(F)cc3)C2)s1. The molecule has 1 saturated heterocycles. The van der Waals surface area contributed by atoms with Gasteiger partial charge in [0.1, 0.15) is 10.8 Å². The Hall–Kier alpha value is -2.35. The molecule has 3 rings (SSSR count). The average molecular weight is 376 g/mol. The number of amides is 2. The summed E-state index contributed by atoms with van der Waals surface area (Å²) in [6, 6.07) is 5.68. The zero-order chi connectivity index (χ0) is 18.9. The van der Waals surface area contributed by atoms with E-state index >= 15 is 0 Å². The number of aromatic nitrogens is 2. The highest BCUT2D eigenvalue weighted by atomic mass is 32.1. The normalized spacial score (nSPS) is 17.6. The van der Waals surface area contributed by atoms with E-state index in [1.165, 1.54) is 40.5 Å². The first-order chi connectivity index (χ1) is 12.3. The fourth-order valence-corrected chi connectivity index (χ4v) is 3.58. The fourth-order valence-electron chi connectivity index (χ4n) is 2.66. The Morgan fingerprint density at radius 3 is 2.69 bits per heavy atom. The second-order valence-corrected chi connectivity index (χ2v) is 8.00. The molecule has 0 spiro atoms. The summed E-state index contributed by atoms with van der Waals surface area (Å²) in [5, 5.41) is 12.3. The number of carbonyl (C=O) groups excluding carboxylic acids is 2. The van der Waals surface area contributed by atoms with Gasteiger partial charge in [0.25, 0.3) is 0 Å². The van der Waals surface area contributed by atoms with E-state index in [1.54, 1.807) is 0 Å². The maximum absolute atomic E-state index is 13.1. The number of nitrogens with one attached hydrogen (secondary N) is 1. The van der Waals surface area contributed by atoms with E-state index in [-0.39, 0.29) is 36.0 Å². The predicted molar refractivity (Wildman–Crippen MR) is 98.7 cm³/mol. The Morgan fingerprint density at radius 2 is 2.04 bits per heavy atom. The van der Waals surface area contributed by atoms with Crippen molar-refractivity contribution < 1.29 is 14.0 Å². The minimum absolute atomic E-state index is 0.0939. The molecule has 0 aliphatic carbocycles. The third kappa shape index (κ3) is 3.75. The Kier molecular flexibility index (Phi) is 5.04. The summed E-state index contributed by atoms with van der Waals surface area (Å²) in [6.45, 7) is 6.50. The number of halogens is 1. The number of carbonyl (C=O) groups is 2. The van der Waals surface area contributed by atoms with Crippen LogP contribution in [0.25, 0.3) is 0 Å². The van der Waals surface area contributed by atoms with Crippen LogP contribution in [0.4, 0.5) is 15.2 Å². The smallest absolute Gasteiger partial charge is 0.231 e. The lowest BCUT2D eigenvalue weighted by Gasteiger charge is -2.17. The molecule has 2 heterocycles. The molecule has 1 atom stereocenters. The first-order valence-electron chi connectivity index (χ1n) is 8.51. The molecule has 1 aromatic heterocycles. The van der Waals surface area contributed by atoms with E-state index in [0.29, 0.717) is 10.8 Å². The van der Waals surface area contributed by atoms with Gasteiger partial charge < -0.3 is 10.2 Å². The molecule has 1 aliphatic heterocycles. The van der Waals surface area contributed by atoms with Gasteiger partial charge in [0.05, 0.1) is 5.92 Å². The second-order valence-electron chi connectivity index (χ2n) is 7.02. The molecule has 0 radical (unpaired) electrons. The zero-order valence-electron chi connectivity index (χ0n) is 15.0. The highest BCUT2D eigenvalue weighted by Crippen LogP contribution is 2.32.